The van der Waals surface area contributed by atoms with Crippen LogP contribution in [0.5, 0.6) is 0 Å². The lowest BCUT2D eigenvalue weighted by Gasteiger charge is -2.62. The largest absolute Gasteiger partial charge is 0.469 e. The van der Waals surface area contributed by atoms with Gasteiger partial charge in [0.15, 0.2) is 0 Å². The molecule has 0 saturated heterocycles. The molecule has 0 amide bonds. The maximum Gasteiger partial charge on any atom is 0.305 e. The number of hydrogen-bond acceptors (Lipinski definition) is 4. The predicted molar refractivity (Wildman–Crippen MR) is 115 cm³/mol. The van der Waals surface area contributed by atoms with Gasteiger partial charge in [-0.05, 0) is 104 Å². The summed E-state index contributed by atoms with van der Waals surface area (Å²) in [5, 5.41) is 11.6. The van der Waals surface area contributed by atoms with Gasteiger partial charge in [-0.15, -0.1) is 0 Å². The van der Waals surface area contributed by atoms with E-state index >= 15 is 0 Å². The summed E-state index contributed by atoms with van der Waals surface area (Å²) < 4.78 is 4.86. The van der Waals surface area contributed by atoms with Gasteiger partial charge < -0.3 is 15.6 Å². The van der Waals surface area contributed by atoms with Gasteiger partial charge in [-0.2, -0.15) is 0 Å². The molecule has 10 atom stereocenters. The van der Waals surface area contributed by atoms with E-state index in [0.717, 1.165) is 31.1 Å². The number of rotatable bonds is 4. The summed E-state index contributed by atoms with van der Waals surface area (Å²) in [6, 6.07) is 0.384. The number of aliphatic hydroxyl groups is 1. The molecule has 4 saturated carbocycles. The van der Waals surface area contributed by atoms with Crippen molar-refractivity contribution in [1.82, 2.24) is 0 Å². The third kappa shape index (κ3) is 3.37. The zero-order chi connectivity index (χ0) is 21.0. The summed E-state index contributed by atoms with van der Waals surface area (Å²) in [7, 11) is 1.47. The van der Waals surface area contributed by atoms with Gasteiger partial charge in [0.1, 0.15) is 0 Å². The molecular formula is C25H43NO3. The molecule has 4 fully saturated rings. The number of aliphatic hydroxyl groups excluding tert-OH is 1. The molecule has 4 aliphatic carbocycles. The van der Waals surface area contributed by atoms with E-state index < -0.39 is 0 Å². The van der Waals surface area contributed by atoms with Gasteiger partial charge in [0.05, 0.1) is 13.2 Å². The first kappa shape index (κ1) is 21.6. The van der Waals surface area contributed by atoms with Gasteiger partial charge in [-0.3, -0.25) is 4.79 Å². The monoisotopic (exact) mass is 405 g/mol. The first-order valence-corrected chi connectivity index (χ1v) is 12.2. The SMILES string of the molecule is COC(=O)CCC(C)[C@H]1CCC2C3CC[C@@H]4C[C@@H](N)CC[C@]4(C)C3C[C@H](O)[C@@]21C. The zero-order valence-electron chi connectivity index (χ0n) is 19.0. The Kier molecular flexibility index (Phi) is 5.83. The maximum atomic E-state index is 11.7. The van der Waals surface area contributed by atoms with Crippen LogP contribution in [0.3, 0.4) is 0 Å². The van der Waals surface area contributed by atoms with E-state index in [1.165, 1.54) is 45.6 Å². The van der Waals surface area contributed by atoms with Gasteiger partial charge in [-0.1, -0.05) is 20.8 Å². The number of fused-ring (bicyclic) bond motifs is 5. The second-order valence-electron chi connectivity index (χ2n) is 11.6. The summed E-state index contributed by atoms with van der Waals surface area (Å²) in [6.07, 6.45) is 10.8. The lowest BCUT2D eigenvalue weighted by atomic mass is 9.43. The molecule has 0 aromatic carbocycles. The molecule has 166 valence electrons. The van der Waals surface area contributed by atoms with Crippen LogP contribution in [0.25, 0.3) is 0 Å². The van der Waals surface area contributed by atoms with Crippen LogP contribution >= 0.6 is 0 Å². The molecule has 4 aliphatic rings. The summed E-state index contributed by atoms with van der Waals surface area (Å²) in [6.45, 7) is 7.21. The normalized spacial score (nSPS) is 50.2. The van der Waals surface area contributed by atoms with E-state index in [1.807, 2.05) is 0 Å². The van der Waals surface area contributed by atoms with E-state index in [-0.39, 0.29) is 17.5 Å². The first-order valence-electron chi connectivity index (χ1n) is 12.2. The highest BCUT2D eigenvalue weighted by atomic mass is 16.5. The Balaban J connectivity index is 1.53. The quantitative estimate of drug-likeness (QED) is 0.674. The second kappa shape index (κ2) is 7.82. The summed E-state index contributed by atoms with van der Waals surface area (Å²) in [5.74, 6) is 3.66. The molecule has 0 radical (unpaired) electrons. The Morgan fingerprint density at radius 2 is 1.90 bits per heavy atom. The Morgan fingerprint density at radius 3 is 2.62 bits per heavy atom. The number of carbonyl (C=O) groups excluding carboxylic acids is 1. The van der Waals surface area contributed by atoms with Crippen LogP contribution in [0.4, 0.5) is 0 Å². The van der Waals surface area contributed by atoms with Gasteiger partial charge in [-0.25, -0.2) is 0 Å². The lowest BCUT2D eigenvalue weighted by Crippen LogP contribution is -2.59. The third-order valence-electron chi connectivity index (χ3n) is 10.6. The average molecular weight is 406 g/mol. The Bertz CT molecular complexity index is 623. The fourth-order valence-electron chi connectivity index (χ4n) is 8.86. The van der Waals surface area contributed by atoms with E-state index in [1.54, 1.807) is 0 Å². The topological polar surface area (TPSA) is 72.5 Å². The van der Waals surface area contributed by atoms with Crippen LogP contribution in [0.2, 0.25) is 0 Å². The van der Waals surface area contributed by atoms with Crippen molar-refractivity contribution in [2.24, 2.45) is 52.1 Å². The summed E-state index contributed by atoms with van der Waals surface area (Å²) in [4.78, 5) is 11.7. The van der Waals surface area contributed by atoms with Crippen LogP contribution in [0.1, 0.15) is 85.0 Å². The highest BCUT2D eigenvalue weighted by molar-refractivity contribution is 5.69. The van der Waals surface area contributed by atoms with Crippen LogP contribution < -0.4 is 5.73 Å². The molecule has 4 rings (SSSR count). The van der Waals surface area contributed by atoms with Crippen molar-refractivity contribution in [3.8, 4) is 0 Å². The van der Waals surface area contributed by atoms with Gasteiger partial charge in [0.2, 0.25) is 0 Å². The Hall–Kier alpha value is -0.610. The molecule has 0 aromatic rings. The van der Waals surface area contributed by atoms with Crippen molar-refractivity contribution in [3.63, 3.8) is 0 Å². The molecule has 0 spiro atoms. The van der Waals surface area contributed by atoms with Crippen LogP contribution in [-0.2, 0) is 9.53 Å². The summed E-state index contributed by atoms with van der Waals surface area (Å²) in [5.41, 5.74) is 6.71. The number of methoxy groups -OCH3 is 1. The van der Waals surface area contributed by atoms with Gasteiger partial charge in [0.25, 0.3) is 0 Å². The molecule has 0 aromatic heterocycles. The smallest absolute Gasteiger partial charge is 0.305 e. The van der Waals surface area contributed by atoms with Crippen molar-refractivity contribution < 1.29 is 14.6 Å². The third-order valence-corrected chi connectivity index (χ3v) is 10.6. The number of esters is 1. The highest BCUT2D eigenvalue weighted by Crippen LogP contribution is 2.68. The molecular weight excluding hydrogens is 362 g/mol. The molecule has 0 aliphatic heterocycles. The summed E-state index contributed by atoms with van der Waals surface area (Å²) >= 11 is 0. The van der Waals surface area contributed by atoms with E-state index in [4.69, 9.17) is 10.5 Å². The Labute approximate surface area is 177 Å². The van der Waals surface area contributed by atoms with E-state index in [2.05, 4.69) is 20.8 Å². The van der Waals surface area contributed by atoms with Crippen molar-refractivity contribution >= 4 is 5.97 Å². The fourth-order valence-corrected chi connectivity index (χ4v) is 8.86. The van der Waals surface area contributed by atoms with Crippen molar-refractivity contribution in [2.75, 3.05) is 7.11 Å². The second-order valence-corrected chi connectivity index (χ2v) is 11.6. The molecule has 29 heavy (non-hydrogen) atoms. The predicted octanol–water partition coefficient (Wildman–Crippen LogP) is 4.53. The molecule has 4 nitrogen and oxygen atoms in total. The number of carbonyl (C=O) groups is 1. The zero-order valence-corrected chi connectivity index (χ0v) is 19.0. The van der Waals surface area contributed by atoms with Crippen molar-refractivity contribution in [1.29, 1.82) is 0 Å². The fraction of sp³-hybridized carbons (Fsp3) is 0.960. The van der Waals surface area contributed by atoms with Gasteiger partial charge in [0, 0.05) is 12.5 Å². The van der Waals surface area contributed by atoms with Crippen LogP contribution in [0.15, 0.2) is 0 Å². The van der Waals surface area contributed by atoms with Crippen LogP contribution in [0, 0.1) is 46.3 Å². The maximum absolute atomic E-state index is 11.7. The lowest BCUT2D eigenvalue weighted by molar-refractivity contribution is -0.169. The minimum Gasteiger partial charge on any atom is -0.469 e. The molecule has 3 N–H and O–H groups in total. The number of hydrogen-bond donors (Lipinski definition) is 2. The van der Waals surface area contributed by atoms with E-state index in [9.17, 15) is 9.90 Å². The minimum atomic E-state index is -0.215. The first-order chi connectivity index (χ1) is 13.7. The van der Waals surface area contributed by atoms with E-state index in [0.29, 0.717) is 41.5 Å². The average Bonchev–Trinajstić information content (AvgIpc) is 3.06. The number of nitrogens with two attached hydrogens (primary N) is 1. The minimum absolute atomic E-state index is 0.00493. The van der Waals surface area contributed by atoms with Crippen LogP contribution in [-0.4, -0.2) is 30.3 Å². The number of ether oxygens (including phenoxy) is 1. The molecule has 0 bridgehead atoms. The molecule has 0 heterocycles. The van der Waals surface area contributed by atoms with Crippen molar-refractivity contribution in [2.45, 2.75) is 97.1 Å². The molecule has 4 heteroatoms. The molecule has 4 unspecified atom stereocenters. The standard InChI is InChI=1S/C25H43NO3/c1-15(5-10-23(28)29-4)19-8-9-20-18-7-6-16-13-17(26)11-12-24(16,2)21(18)14-22(27)25(19,20)3/h15-22,27H,5-14,26H2,1-4H3/t15?,16-,17+,18?,19-,20?,21?,22+,24+,25-/m1/s1. The highest BCUT2D eigenvalue weighted by Gasteiger charge is 2.63. The van der Waals surface area contributed by atoms with Gasteiger partial charge >= 0.3 is 5.97 Å². The van der Waals surface area contributed by atoms with Crippen molar-refractivity contribution in [3.05, 3.63) is 0 Å². The Morgan fingerprint density at radius 1 is 1.14 bits per heavy atom.